The molecule has 0 aliphatic carbocycles. The first-order valence-electron chi connectivity index (χ1n) is 8.23. The minimum Gasteiger partial charge on any atom is -0.467 e. The molecule has 2 aromatic rings. The first kappa shape index (κ1) is 18.0. The normalized spacial score (nSPS) is 16.8. The monoisotopic (exact) mass is 408 g/mol. The van der Waals surface area contributed by atoms with Gasteiger partial charge in [-0.25, -0.2) is 4.79 Å². The van der Waals surface area contributed by atoms with Gasteiger partial charge >= 0.3 is 5.97 Å². The molecule has 0 bridgehead atoms. The number of carbonyl (C=O) groups is 1. The van der Waals surface area contributed by atoms with E-state index in [2.05, 4.69) is 0 Å². The van der Waals surface area contributed by atoms with Crippen molar-refractivity contribution in [2.24, 2.45) is 0 Å². The summed E-state index contributed by atoms with van der Waals surface area (Å²) < 4.78 is 16.7. The van der Waals surface area contributed by atoms with Crippen LogP contribution in [0.2, 0.25) is 5.02 Å². The standard InChI is InChI=1S/C19H17ClO4S2/c20-16-7-14-9-22-11-24-17(14)15(8-16)10-23-18(21)12-1-3-13(4-2-12)19-25-5-6-26-19/h1-4,7-8,19H,5-6,9-11H2. The van der Waals surface area contributed by atoms with E-state index in [-0.39, 0.29) is 19.4 Å². The molecule has 2 aliphatic rings. The van der Waals surface area contributed by atoms with Crippen LogP contribution in [0.5, 0.6) is 5.75 Å². The number of fused-ring (bicyclic) bond motifs is 1. The van der Waals surface area contributed by atoms with Crippen molar-refractivity contribution in [2.75, 3.05) is 18.3 Å². The van der Waals surface area contributed by atoms with E-state index >= 15 is 0 Å². The summed E-state index contributed by atoms with van der Waals surface area (Å²) in [6, 6.07) is 11.2. The van der Waals surface area contributed by atoms with Crippen molar-refractivity contribution in [1.29, 1.82) is 0 Å². The van der Waals surface area contributed by atoms with Gasteiger partial charge < -0.3 is 14.2 Å². The van der Waals surface area contributed by atoms with E-state index in [1.54, 1.807) is 12.1 Å². The molecule has 0 radical (unpaired) electrons. The highest BCUT2D eigenvalue weighted by Crippen LogP contribution is 2.45. The predicted octanol–water partition coefficient (Wildman–Crippen LogP) is 5.04. The fourth-order valence-corrected chi connectivity index (χ4v) is 6.04. The number of benzene rings is 2. The molecule has 1 fully saturated rings. The van der Waals surface area contributed by atoms with Crippen LogP contribution < -0.4 is 4.74 Å². The Balaban J connectivity index is 1.43. The van der Waals surface area contributed by atoms with Gasteiger partial charge in [0.2, 0.25) is 0 Å². The van der Waals surface area contributed by atoms with Gasteiger partial charge in [-0.2, -0.15) is 0 Å². The summed E-state index contributed by atoms with van der Waals surface area (Å²) in [5.74, 6) is 2.69. The number of halogens is 1. The molecule has 4 nitrogen and oxygen atoms in total. The Hall–Kier alpha value is -1.34. The summed E-state index contributed by atoms with van der Waals surface area (Å²) in [6.07, 6.45) is 0. The maximum absolute atomic E-state index is 12.4. The first-order chi connectivity index (χ1) is 12.7. The van der Waals surface area contributed by atoms with E-state index in [0.29, 0.717) is 27.5 Å². The van der Waals surface area contributed by atoms with Gasteiger partial charge in [-0.1, -0.05) is 23.7 Å². The molecule has 2 aliphatic heterocycles. The first-order valence-corrected chi connectivity index (χ1v) is 10.7. The number of carbonyl (C=O) groups excluding carboxylic acids is 1. The van der Waals surface area contributed by atoms with Crippen LogP contribution in [0.25, 0.3) is 0 Å². The van der Waals surface area contributed by atoms with E-state index in [4.69, 9.17) is 25.8 Å². The second-order valence-corrected chi connectivity index (χ2v) is 9.10. The second-order valence-electron chi connectivity index (χ2n) is 5.94. The molecule has 0 N–H and O–H groups in total. The molecule has 0 aromatic heterocycles. The molecule has 7 heteroatoms. The Morgan fingerprint density at radius 3 is 2.73 bits per heavy atom. The Bertz CT molecular complexity index is 804. The second kappa shape index (κ2) is 8.13. The zero-order valence-corrected chi connectivity index (χ0v) is 16.3. The molecule has 0 unspecified atom stereocenters. The predicted molar refractivity (Wildman–Crippen MR) is 105 cm³/mol. The molecule has 0 spiro atoms. The quantitative estimate of drug-likeness (QED) is 0.660. The average Bonchev–Trinajstić information content (AvgIpc) is 3.20. The maximum Gasteiger partial charge on any atom is 0.338 e. The van der Waals surface area contributed by atoms with Crippen LogP contribution in [0.3, 0.4) is 0 Å². The minimum absolute atomic E-state index is 0.109. The summed E-state index contributed by atoms with van der Waals surface area (Å²) in [6.45, 7) is 0.738. The third kappa shape index (κ3) is 3.98. The minimum atomic E-state index is -0.357. The Labute approximate surface area is 165 Å². The molecule has 1 saturated heterocycles. The zero-order chi connectivity index (χ0) is 17.9. The average molecular weight is 409 g/mol. The number of ether oxygens (including phenoxy) is 3. The van der Waals surface area contributed by atoms with Crippen molar-refractivity contribution < 1.29 is 19.0 Å². The highest BCUT2D eigenvalue weighted by molar-refractivity contribution is 8.19. The Morgan fingerprint density at radius 1 is 1.19 bits per heavy atom. The molecule has 0 saturated carbocycles. The lowest BCUT2D eigenvalue weighted by atomic mass is 10.1. The van der Waals surface area contributed by atoms with Crippen molar-refractivity contribution in [3.8, 4) is 5.75 Å². The summed E-state index contributed by atoms with van der Waals surface area (Å²) in [7, 11) is 0. The van der Waals surface area contributed by atoms with E-state index < -0.39 is 0 Å². The van der Waals surface area contributed by atoms with Gasteiger partial charge in [0, 0.05) is 27.7 Å². The van der Waals surface area contributed by atoms with Gasteiger partial charge in [-0.05, 0) is 29.8 Å². The largest absolute Gasteiger partial charge is 0.467 e. The van der Waals surface area contributed by atoms with Crippen molar-refractivity contribution in [1.82, 2.24) is 0 Å². The number of hydrogen-bond donors (Lipinski definition) is 0. The number of rotatable bonds is 4. The van der Waals surface area contributed by atoms with E-state index in [0.717, 1.165) is 11.1 Å². The Morgan fingerprint density at radius 2 is 1.96 bits per heavy atom. The van der Waals surface area contributed by atoms with Gasteiger partial charge in [0.05, 0.1) is 16.8 Å². The van der Waals surface area contributed by atoms with Crippen molar-refractivity contribution in [3.63, 3.8) is 0 Å². The number of thioether (sulfide) groups is 2. The van der Waals surface area contributed by atoms with Crippen LogP contribution in [0.1, 0.15) is 31.6 Å². The molecule has 136 valence electrons. The van der Waals surface area contributed by atoms with Crippen LogP contribution in [-0.4, -0.2) is 24.3 Å². The van der Waals surface area contributed by atoms with Crippen molar-refractivity contribution in [3.05, 3.63) is 63.7 Å². The molecule has 0 amide bonds. The summed E-state index contributed by atoms with van der Waals surface area (Å²) in [4.78, 5) is 12.4. The molecular formula is C19H17ClO4S2. The summed E-state index contributed by atoms with van der Waals surface area (Å²) >= 11 is 10.0. The van der Waals surface area contributed by atoms with Crippen LogP contribution in [0.15, 0.2) is 36.4 Å². The van der Waals surface area contributed by atoms with Gasteiger partial charge in [0.15, 0.2) is 6.79 Å². The fraction of sp³-hybridized carbons (Fsp3) is 0.316. The third-order valence-corrected chi connectivity index (χ3v) is 7.47. The van der Waals surface area contributed by atoms with Crippen LogP contribution in [0.4, 0.5) is 0 Å². The highest BCUT2D eigenvalue weighted by atomic mass is 35.5. The van der Waals surface area contributed by atoms with E-state index in [1.165, 1.54) is 17.1 Å². The molecule has 0 atom stereocenters. The number of esters is 1. The van der Waals surface area contributed by atoms with E-state index in [9.17, 15) is 4.79 Å². The van der Waals surface area contributed by atoms with Crippen molar-refractivity contribution >= 4 is 41.1 Å². The van der Waals surface area contributed by atoms with Gasteiger partial charge in [-0.15, -0.1) is 23.5 Å². The molecule has 2 aromatic carbocycles. The van der Waals surface area contributed by atoms with Crippen LogP contribution in [-0.2, 0) is 22.7 Å². The lowest BCUT2D eigenvalue weighted by Gasteiger charge is -2.21. The molecule has 26 heavy (non-hydrogen) atoms. The maximum atomic E-state index is 12.4. The van der Waals surface area contributed by atoms with Crippen LogP contribution >= 0.6 is 35.1 Å². The molecule has 2 heterocycles. The zero-order valence-electron chi connectivity index (χ0n) is 13.9. The lowest BCUT2D eigenvalue weighted by molar-refractivity contribution is -0.0180. The van der Waals surface area contributed by atoms with Gasteiger partial charge in [-0.3, -0.25) is 0 Å². The summed E-state index contributed by atoms with van der Waals surface area (Å²) in [5, 5.41) is 0.569. The lowest BCUT2D eigenvalue weighted by Crippen LogP contribution is -2.14. The van der Waals surface area contributed by atoms with Crippen LogP contribution in [0, 0.1) is 0 Å². The smallest absolute Gasteiger partial charge is 0.338 e. The van der Waals surface area contributed by atoms with Gasteiger partial charge in [0.1, 0.15) is 12.4 Å². The summed E-state index contributed by atoms with van der Waals surface area (Å²) in [5.41, 5.74) is 3.40. The SMILES string of the molecule is O=C(OCc1cc(Cl)cc2c1OCOC2)c1ccc(C2SCCS2)cc1. The third-order valence-electron chi connectivity index (χ3n) is 4.15. The topological polar surface area (TPSA) is 44.8 Å². The molecule has 4 rings (SSSR count). The van der Waals surface area contributed by atoms with Crippen molar-refractivity contribution in [2.45, 2.75) is 17.8 Å². The molecular weight excluding hydrogens is 392 g/mol. The van der Waals surface area contributed by atoms with E-state index in [1.807, 2.05) is 47.8 Å². The Kier molecular flexibility index (Phi) is 5.64. The fourth-order valence-electron chi connectivity index (χ4n) is 2.92. The highest BCUT2D eigenvalue weighted by Gasteiger charge is 2.20. The van der Waals surface area contributed by atoms with Gasteiger partial charge in [0.25, 0.3) is 0 Å². The number of hydrogen-bond acceptors (Lipinski definition) is 6.